The van der Waals surface area contributed by atoms with E-state index in [-0.39, 0.29) is 41.6 Å². The van der Waals surface area contributed by atoms with Crippen molar-refractivity contribution in [3.05, 3.63) is 47.5 Å². The van der Waals surface area contributed by atoms with Crippen LogP contribution in [0.2, 0.25) is 0 Å². The number of halogens is 3. The first-order valence-corrected chi connectivity index (χ1v) is 10.6. The first-order valence-electron chi connectivity index (χ1n) is 10.6. The van der Waals surface area contributed by atoms with Crippen LogP contribution in [0.5, 0.6) is 17.2 Å². The number of Topliss-reactive ketones (excluding diaryl/α,β-unsaturated/α-hetero) is 1. The molecule has 11 heteroatoms. The van der Waals surface area contributed by atoms with Crippen LogP contribution in [0, 0.1) is 0 Å². The van der Waals surface area contributed by atoms with E-state index in [9.17, 15) is 27.6 Å². The molecule has 0 heterocycles. The van der Waals surface area contributed by atoms with E-state index in [1.807, 2.05) is 0 Å². The van der Waals surface area contributed by atoms with Crippen LogP contribution >= 0.6 is 0 Å². The van der Waals surface area contributed by atoms with Crippen LogP contribution in [-0.4, -0.2) is 51.3 Å². The Morgan fingerprint density at radius 2 is 1.71 bits per heavy atom. The molecule has 190 valence electrons. The zero-order valence-corrected chi connectivity index (χ0v) is 19.5. The zero-order valence-electron chi connectivity index (χ0n) is 19.5. The number of nitrogens with one attached hydrogen (secondary N) is 1. The Bertz CT molecular complexity index is 1050. The molecular formula is C24H26F3NO7. The fourth-order valence-corrected chi connectivity index (χ4v) is 3.13. The number of esters is 1. The van der Waals surface area contributed by atoms with Crippen molar-refractivity contribution < 1.29 is 46.5 Å². The molecule has 1 amide bonds. The van der Waals surface area contributed by atoms with Crippen LogP contribution < -0.4 is 19.5 Å². The number of rotatable bonds is 11. The molecule has 35 heavy (non-hydrogen) atoms. The molecule has 0 aliphatic carbocycles. The minimum Gasteiger partial charge on any atom is -0.496 e. The second-order valence-corrected chi connectivity index (χ2v) is 7.32. The van der Waals surface area contributed by atoms with Gasteiger partial charge in [-0.3, -0.25) is 9.59 Å². The van der Waals surface area contributed by atoms with Gasteiger partial charge in [0, 0.05) is 30.2 Å². The molecule has 0 aromatic heterocycles. The normalized spacial score (nSPS) is 10.9. The van der Waals surface area contributed by atoms with Gasteiger partial charge in [0.15, 0.2) is 5.78 Å². The summed E-state index contributed by atoms with van der Waals surface area (Å²) in [5.74, 6) is -1.60. The van der Waals surface area contributed by atoms with E-state index in [0.717, 1.165) is 7.11 Å². The number of alkyl halides is 3. The van der Waals surface area contributed by atoms with E-state index in [2.05, 4.69) is 10.1 Å². The first-order chi connectivity index (χ1) is 16.6. The van der Waals surface area contributed by atoms with Crippen molar-refractivity contribution in [1.82, 2.24) is 0 Å². The Labute approximate surface area is 200 Å². The molecule has 0 saturated carbocycles. The van der Waals surface area contributed by atoms with Crippen molar-refractivity contribution in [3.8, 4) is 17.2 Å². The molecule has 8 nitrogen and oxygen atoms in total. The van der Waals surface area contributed by atoms with Gasteiger partial charge in [-0.2, -0.15) is 13.2 Å². The molecular weight excluding hydrogens is 471 g/mol. The largest absolute Gasteiger partial charge is 0.496 e. The molecule has 0 aliphatic heterocycles. The van der Waals surface area contributed by atoms with Crippen LogP contribution in [0.1, 0.15) is 35.7 Å². The summed E-state index contributed by atoms with van der Waals surface area (Å²) >= 11 is 0. The zero-order chi connectivity index (χ0) is 26.0. The van der Waals surface area contributed by atoms with Crippen molar-refractivity contribution in [1.29, 1.82) is 0 Å². The monoisotopic (exact) mass is 497 g/mol. The molecule has 2 aromatic rings. The van der Waals surface area contributed by atoms with Crippen LogP contribution in [0.25, 0.3) is 0 Å². The number of hydrogen-bond donors (Lipinski definition) is 1. The quantitative estimate of drug-likeness (QED) is 0.213. The maximum absolute atomic E-state index is 12.8. The minimum absolute atomic E-state index is 0.0707. The summed E-state index contributed by atoms with van der Waals surface area (Å²) in [7, 11) is 2.38. The van der Waals surface area contributed by atoms with Gasteiger partial charge in [0.05, 0.1) is 33.0 Å². The van der Waals surface area contributed by atoms with Crippen LogP contribution in [0.15, 0.2) is 36.4 Å². The van der Waals surface area contributed by atoms with Crippen molar-refractivity contribution in [2.45, 2.75) is 32.4 Å². The maximum Gasteiger partial charge on any atom is 0.396 e. The number of amides is 1. The van der Waals surface area contributed by atoms with E-state index in [1.165, 1.54) is 32.2 Å². The number of anilines is 1. The van der Waals surface area contributed by atoms with Gasteiger partial charge in [0.25, 0.3) is 0 Å². The van der Waals surface area contributed by atoms with Gasteiger partial charge in [-0.25, -0.2) is 4.79 Å². The molecule has 0 spiro atoms. The Morgan fingerprint density at radius 3 is 2.34 bits per heavy atom. The SMILES string of the molecule is COC(=O)C(=O)Nc1cccc(OCCCOc2ccc(C(C)=O)c(OC)c2CCC(F)(F)F)c1. The number of carbonyl (C=O) groups excluding carboxylic acids is 3. The number of ether oxygens (including phenoxy) is 4. The van der Waals surface area contributed by atoms with Crippen molar-refractivity contribution >= 4 is 23.3 Å². The van der Waals surface area contributed by atoms with Gasteiger partial charge in [0.1, 0.15) is 17.2 Å². The highest BCUT2D eigenvalue weighted by molar-refractivity contribution is 6.37. The molecule has 0 fully saturated rings. The van der Waals surface area contributed by atoms with E-state index >= 15 is 0 Å². The van der Waals surface area contributed by atoms with E-state index in [4.69, 9.17) is 14.2 Å². The number of carbonyl (C=O) groups is 3. The summed E-state index contributed by atoms with van der Waals surface area (Å²) in [5.41, 5.74) is 0.688. The number of hydrogen-bond acceptors (Lipinski definition) is 7. The molecule has 2 rings (SSSR count). The van der Waals surface area contributed by atoms with Crippen molar-refractivity contribution in [2.75, 3.05) is 32.8 Å². The van der Waals surface area contributed by atoms with Gasteiger partial charge < -0.3 is 24.3 Å². The number of methoxy groups -OCH3 is 2. The van der Waals surface area contributed by atoms with Gasteiger partial charge in [-0.1, -0.05) is 6.07 Å². The van der Waals surface area contributed by atoms with Gasteiger partial charge in [-0.05, 0) is 37.6 Å². The molecule has 0 bridgehead atoms. The fraction of sp³-hybridized carbons (Fsp3) is 0.375. The summed E-state index contributed by atoms with van der Waals surface area (Å²) in [6, 6.07) is 9.26. The summed E-state index contributed by atoms with van der Waals surface area (Å²) in [5, 5.41) is 2.37. The van der Waals surface area contributed by atoms with Crippen molar-refractivity contribution in [3.63, 3.8) is 0 Å². The third-order valence-corrected chi connectivity index (χ3v) is 4.74. The molecule has 2 aromatic carbocycles. The Balaban J connectivity index is 1.98. The fourth-order valence-electron chi connectivity index (χ4n) is 3.13. The highest BCUT2D eigenvalue weighted by atomic mass is 19.4. The molecule has 0 atom stereocenters. The third-order valence-electron chi connectivity index (χ3n) is 4.74. The molecule has 0 saturated heterocycles. The second kappa shape index (κ2) is 12.6. The van der Waals surface area contributed by atoms with Crippen molar-refractivity contribution in [2.24, 2.45) is 0 Å². The standard InChI is InChI=1S/C24H26F3NO7/c1-15(29)18-8-9-20(19(21(18)32-2)10-11-24(25,26)27)35-13-5-12-34-17-7-4-6-16(14-17)28-22(30)23(31)33-3/h4,6-9,14H,5,10-13H2,1-3H3,(H,28,30). The summed E-state index contributed by atoms with van der Waals surface area (Å²) in [4.78, 5) is 34.6. The lowest BCUT2D eigenvalue weighted by Gasteiger charge is -2.18. The Kier molecular flexibility index (Phi) is 9.92. The summed E-state index contributed by atoms with van der Waals surface area (Å²) in [6.45, 7) is 1.63. The predicted octanol–water partition coefficient (Wildman–Crippen LogP) is 4.35. The highest BCUT2D eigenvalue weighted by Crippen LogP contribution is 2.36. The predicted molar refractivity (Wildman–Crippen MR) is 120 cm³/mol. The van der Waals surface area contributed by atoms with Crippen LogP contribution in [0.3, 0.4) is 0 Å². The molecule has 1 N–H and O–H groups in total. The van der Waals surface area contributed by atoms with E-state index in [0.29, 0.717) is 17.9 Å². The van der Waals surface area contributed by atoms with Gasteiger partial charge in [0.2, 0.25) is 0 Å². The summed E-state index contributed by atoms with van der Waals surface area (Å²) in [6.07, 6.45) is -5.49. The van der Waals surface area contributed by atoms with Crippen LogP contribution in [-0.2, 0) is 20.7 Å². The second-order valence-electron chi connectivity index (χ2n) is 7.32. The van der Waals surface area contributed by atoms with Gasteiger partial charge >= 0.3 is 18.1 Å². The number of benzene rings is 2. The maximum atomic E-state index is 12.8. The first kappa shape index (κ1) is 27.5. The average molecular weight is 497 g/mol. The molecule has 0 aliphatic rings. The lowest BCUT2D eigenvalue weighted by atomic mass is 10.0. The van der Waals surface area contributed by atoms with E-state index in [1.54, 1.807) is 18.2 Å². The third kappa shape index (κ3) is 8.51. The smallest absolute Gasteiger partial charge is 0.396 e. The highest BCUT2D eigenvalue weighted by Gasteiger charge is 2.29. The molecule has 0 unspecified atom stereocenters. The average Bonchev–Trinajstić information content (AvgIpc) is 2.81. The Hall–Kier alpha value is -3.76. The minimum atomic E-state index is -4.38. The summed E-state index contributed by atoms with van der Waals surface area (Å²) < 4.78 is 59.3. The lowest BCUT2D eigenvalue weighted by Crippen LogP contribution is -2.23. The van der Waals surface area contributed by atoms with Gasteiger partial charge in [-0.15, -0.1) is 0 Å². The lowest BCUT2D eigenvalue weighted by molar-refractivity contribution is -0.150. The topological polar surface area (TPSA) is 100 Å². The number of ketones is 1. The molecule has 0 radical (unpaired) electrons. The van der Waals surface area contributed by atoms with Crippen LogP contribution in [0.4, 0.5) is 18.9 Å². The van der Waals surface area contributed by atoms with E-state index < -0.39 is 30.9 Å². The Morgan fingerprint density at radius 1 is 1.00 bits per heavy atom.